The molecule has 0 unspecified atom stereocenters. The summed E-state index contributed by atoms with van der Waals surface area (Å²) < 4.78 is 0. The van der Waals surface area contributed by atoms with Gasteiger partial charge in [0.1, 0.15) is 0 Å². The summed E-state index contributed by atoms with van der Waals surface area (Å²) in [5, 5.41) is 2.75. The summed E-state index contributed by atoms with van der Waals surface area (Å²) in [6.45, 7) is 20.9. The molecular formula is C48H56S. The highest BCUT2D eigenvalue weighted by molar-refractivity contribution is 7.11. The maximum Gasteiger partial charge on any atom is 0.00170 e. The third-order valence-corrected chi connectivity index (χ3v) is 8.54. The van der Waals surface area contributed by atoms with Gasteiger partial charge in [-0.2, -0.15) is 0 Å². The van der Waals surface area contributed by atoms with Crippen LogP contribution in [0, 0.1) is 48.5 Å². The van der Waals surface area contributed by atoms with Crippen LogP contribution in [0.4, 0.5) is 0 Å². The fourth-order valence-corrected chi connectivity index (χ4v) is 5.35. The molecule has 0 saturated carbocycles. The highest BCUT2D eigenvalue weighted by Crippen LogP contribution is 2.21. The second kappa shape index (κ2) is 22.8. The van der Waals surface area contributed by atoms with Gasteiger partial charge in [-0.3, -0.25) is 0 Å². The number of hydrogen-bond donors (Lipinski definition) is 0. The van der Waals surface area contributed by atoms with Crippen LogP contribution < -0.4 is 0 Å². The normalized spacial score (nSPS) is 10.4. The summed E-state index contributed by atoms with van der Waals surface area (Å²) in [5.74, 6) is 0. The summed E-state index contributed by atoms with van der Waals surface area (Å²) >= 11 is 1.84. The number of thiophene rings is 1. The van der Waals surface area contributed by atoms with Crippen LogP contribution in [0.25, 0.3) is 29.0 Å². The van der Waals surface area contributed by atoms with Crippen molar-refractivity contribution >= 4 is 40.3 Å². The molecule has 0 radical (unpaired) electrons. The van der Waals surface area contributed by atoms with Crippen molar-refractivity contribution in [2.24, 2.45) is 0 Å². The summed E-state index contributed by atoms with van der Waals surface area (Å²) in [6, 6.07) is 42.7. The van der Waals surface area contributed by atoms with Gasteiger partial charge in [-0.15, -0.1) is 11.3 Å². The standard InChI is InChI=1S/C16H16.C12H12.C10H12.C6H8S.C4H8/c1-13-3-7-15(8-4-13)11-12-16-9-5-14(2)6-10-16;1-9-7-8-10(2)12-6-4-3-5-11(9)12;1-3-4-10-7-5-9(2)6-8-10;1-5-3-4-6(2)7-5;1-3-4-2/h3-12H,1-2H3;3-8H,1-2H3;3-8H,1-2H3;3-4H,1-2H3;3-4H,1-2H3. The van der Waals surface area contributed by atoms with E-state index in [9.17, 15) is 0 Å². The van der Waals surface area contributed by atoms with Crippen LogP contribution in [-0.4, -0.2) is 0 Å². The highest BCUT2D eigenvalue weighted by atomic mass is 32.1. The van der Waals surface area contributed by atoms with Crippen molar-refractivity contribution in [1.82, 2.24) is 0 Å². The van der Waals surface area contributed by atoms with Gasteiger partial charge in [0.05, 0.1) is 0 Å². The third kappa shape index (κ3) is 16.3. The molecule has 0 N–H and O–H groups in total. The molecule has 5 aromatic carbocycles. The van der Waals surface area contributed by atoms with Gasteiger partial charge >= 0.3 is 0 Å². The molecule has 0 atom stereocenters. The second-order valence-corrected chi connectivity index (χ2v) is 13.6. The van der Waals surface area contributed by atoms with E-state index in [0.29, 0.717) is 0 Å². The first kappa shape index (κ1) is 40.5. The first-order valence-electron chi connectivity index (χ1n) is 17.1. The van der Waals surface area contributed by atoms with Crippen LogP contribution in [0.2, 0.25) is 0 Å². The first-order chi connectivity index (χ1) is 23.6. The molecule has 49 heavy (non-hydrogen) atoms. The summed E-state index contributed by atoms with van der Waals surface area (Å²) in [5.41, 5.74) is 10.4. The Balaban J connectivity index is 0.000000226. The first-order valence-corrected chi connectivity index (χ1v) is 17.9. The Bertz CT molecular complexity index is 1750. The van der Waals surface area contributed by atoms with E-state index in [-0.39, 0.29) is 0 Å². The van der Waals surface area contributed by atoms with Gasteiger partial charge in [-0.25, -0.2) is 0 Å². The minimum Gasteiger partial charge on any atom is -0.146 e. The fraction of sp³-hybridized carbons (Fsp3) is 0.208. The number of aryl methyl sites for hydroxylation is 7. The zero-order valence-corrected chi connectivity index (χ0v) is 32.2. The molecule has 254 valence electrons. The lowest BCUT2D eigenvalue weighted by Crippen LogP contribution is -1.80. The van der Waals surface area contributed by atoms with E-state index in [1.165, 1.54) is 65.0 Å². The van der Waals surface area contributed by atoms with E-state index in [2.05, 4.69) is 188 Å². The molecule has 0 fully saturated rings. The summed E-state index contributed by atoms with van der Waals surface area (Å²) in [7, 11) is 0. The molecule has 0 aliphatic rings. The molecule has 6 aromatic rings. The van der Waals surface area contributed by atoms with Crippen LogP contribution in [-0.2, 0) is 0 Å². The Morgan fingerprint density at radius 2 is 0.673 bits per heavy atom. The summed E-state index contributed by atoms with van der Waals surface area (Å²) in [6.07, 6.45) is 12.4. The summed E-state index contributed by atoms with van der Waals surface area (Å²) in [4.78, 5) is 2.80. The maximum absolute atomic E-state index is 2.18. The third-order valence-electron chi connectivity index (χ3n) is 7.63. The average molecular weight is 665 g/mol. The number of rotatable bonds is 3. The Kier molecular flexibility index (Phi) is 18.8. The van der Waals surface area contributed by atoms with Crippen LogP contribution in [0.1, 0.15) is 75.0 Å². The Labute approximate surface area is 302 Å². The monoisotopic (exact) mass is 664 g/mol. The number of allylic oxidation sites excluding steroid dienone is 3. The minimum atomic E-state index is 1.24. The lowest BCUT2D eigenvalue weighted by molar-refractivity contribution is 1.46. The lowest BCUT2D eigenvalue weighted by Gasteiger charge is -2.03. The van der Waals surface area contributed by atoms with Gasteiger partial charge in [0, 0.05) is 9.75 Å². The van der Waals surface area contributed by atoms with E-state index < -0.39 is 0 Å². The Morgan fingerprint density at radius 3 is 0.939 bits per heavy atom. The molecule has 0 spiro atoms. The van der Waals surface area contributed by atoms with Crippen LogP contribution in [0.15, 0.2) is 140 Å². The van der Waals surface area contributed by atoms with E-state index in [1.807, 2.05) is 50.3 Å². The van der Waals surface area contributed by atoms with Crippen molar-refractivity contribution in [2.45, 2.75) is 69.2 Å². The molecule has 0 amide bonds. The lowest BCUT2D eigenvalue weighted by atomic mass is 10.0. The van der Waals surface area contributed by atoms with Crippen LogP contribution >= 0.6 is 11.3 Å². The number of hydrogen-bond acceptors (Lipinski definition) is 1. The van der Waals surface area contributed by atoms with Gasteiger partial charge in [-0.05, 0) is 120 Å². The molecule has 0 aliphatic carbocycles. The largest absolute Gasteiger partial charge is 0.146 e. The van der Waals surface area contributed by atoms with Crippen molar-refractivity contribution in [3.05, 3.63) is 194 Å². The quantitative estimate of drug-likeness (QED) is 0.130. The molecule has 0 bridgehead atoms. The second-order valence-electron chi connectivity index (χ2n) is 12.1. The van der Waals surface area contributed by atoms with Gasteiger partial charge in [0.2, 0.25) is 0 Å². The van der Waals surface area contributed by atoms with E-state index in [4.69, 9.17) is 0 Å². The van der Waals surface area contributed by atoms with Crippen LogP contribution in [0.3, 0.4) is 0 Å². The molecule has 0 nitrogen and oxygen atoms in total. The van der Waals surface area contributed by atoms with Gasteiger partial charge in [-0.1, -0.05) is 162 Å². The number of benzene rings is 5. The Hall–Kier alpha value is -4.72. The average Bonchev–Trinajstić information content (AvgIpc) is 3.51. The Morgan fingerprint density at radius 1 is 0.347 bits per heavy atom. The van der Waals surface area contributed by atoms with Gasteiger partial charge in [0.25, 0.3) is 0 Å². The van der Waals surface area contributed by atoms with Crippen molar-refractivity contribution in [1.29, 1.82) is 0 Å². The molecule has 1 heteroatoms. The number of fused-ring (bicyclic) bond motifs is 1. The van der Waals surface area contributed by atoms with E-state index >= 15 is 0 Å². The van der Waals surface area contributed by atoms with E-state index in [0.717, 1.165) is 0 Å². The van der Waals surface area contributed by atoms with Crippen molar-refractivity contribution in [3.63, 3.8) is 0 Å². The predicted molar refractivity (Wildman–Crippen MR) is 225 cm³/mol. The van der Waals surface area contributed by atoms with Gasteiger partial charge in [0.15, 0.2) is 0 Å². The topological polar surface area (TPSA) is 0 Å². The molecule has 1 heterocycles. The van der Waals surface area contributed by atoms with Crippen molar-refractivity contribution in [3.8, 4) is 0 Å². The molecule has 1 aromatic heterocycles. The van der Waals surface area contributed by atoms with E-state index in [1.54, 1.807) is 0 Å². The van der Waals surface area contributed by atoms with Crippen molar-refractivity contribution in [2.75, 3.05) is 0 Å². The van der Waals surface area contributed by atoms with Crippen LogP contribution in [0.5, 0.6) is 0 Å². The molecule has 0 aliphatic heterocycles. The predicted octanol–water partition coefficient (Wildman–Crippen LogP) is 14.9. The SMILES string of the molecule is CC=CC.CC=Cc1ccc(C)cc1.Cc1ccc(C)c2ccccc12.Cc1ccc(C)s1.Cc1ccc(C=Cc2ccc(C)cc2)cc1. The zero-order valence-electron chi connectivity index (χ0n) is 31.4. The highest BCUT2D eigenvalue weighted by Gasteiger charge is 1.97. The van der Waals surface area contributed by atoms with Gasteiger partial charge < -0.3 is 0 Å². The maximum atomic E-state index is 2.18. The fourth-order valence-electron chi connectivity index (χ4n) is 4.57. The molecule has 0 saturated heterocycles. The minimum absolute atomic E-state index is 1.24. The molecular weight excluding hydrogens is 609 g/mol. The molecule has 6 rings (SSSR count). The zero-order chi connectivity index (χ0) is 36.0. The van der Waals surface area contributed by atoms with Crippen molar-refractivity contribution < 1.29 is 0 Å². The smallest absolute Gasteiger partial charge is 0.00170 e.